The van der Waals surface area contributed by atoms with Crippen molar-refractivity contribution in [1.82, 2.24) is 6.15 Å². The van der Waals surface area contributed by atoms with Gasteiger partial charge in [-0.3, -0.25) is 0 Å². The van der Waals surface area contributed by atoms with Crippen LogP contribution in [0.5, 0.6) is 0 Å². The molecule has 2 aliphatic rings. The van der Waals surface area contributed by atoms with Crippen molar-refractivity contribution in [3.63, 3.8) is 0 Å². The van der Waals surface area contributed by atoms with Gasteiger partial charge in [0.05, 0.1) is 5.97 Å². The second-order valence-electron chi connectivity index (χ2n) is 9.82. The Balaban J connectivity index is 0.00000261. The first kappa shape index (κ1) is 21.4. The van der Waals surface area contributed by atoms with Crippen LogP contribution in [0.15, 0.2) is 42.0 Å². The zero-order valence-electron chi connectivity index (χ0n) is 18.0. The van der Waals surface area contributed by atoms with Crippen molar-refractivity contribution in [2.45, 2.75) is 77.0 Å². The summed E-state index contributed by atoms with van der Waals surface area (Å²) in [5.74, 6) is -0.671. The molecule has 3 heteroatoms. The Morgan fingerprint density at radius 1 is 1.07 bits per heavy atom. The van der Waals surface area contributed by atoms with E-state index in [2.05, 4.69) is 58.9 Å². The van der Waals surface area contributed by atoms with Gasteiger partial charge in [-0.1, -0.05) is 65.0 Å². The lowest BCUT2D eigenvalue weighted by Gasteiger charge is -2.42. The quantitative estimate of drug-likeness (QED) is 0.602. The zero-order chi connectivity index (χ0) is 19.3. The summed E-state index contributed by atoms with van der Waals surface area (Å²) in [6, 6.07) is 7.13. The number of carboxylic acid groups (broad SMARTS) is 1. The summed E-state index contributed by atoms with van der Waals surface area (Å²) >= 11 is 0. The standard InChI is InChI=1S/C24H32O2.H3N/c1-16(13-21(25)26)7-8-18-15-24(18,6)17-9-10-19-20(14-17)23(4,5)12-11-22(19,2)3;/h7-10,13-14,18H,11-12,15H2,1-6H3,(H,25,26);1H3/b8-7+,16-13+;/t18-,24-;/m1./s1. The van der Waals surface area contributed by atoms with Crippen LogP contribution in [-0.4, -0.2) is 5.97 Å². The molecule has 0 radical (unpaired) electrons. The van der Waals surface area contributed by atoms with Gasteiger partial charge in [0, 0.05) is 0 Å². The molecule has 148 valence electrons. The number of carboxylic acids is 1. The lowest BCUT2D eigenvalue weighted by atomic mass is 9.62. The van der Waals surface area contributed by atoms with Gasteiger partial charge in [-0.2, -0.15) is 0 Å². The van der Waals surface area contributed by atoms with Crippen LogP contribution in [0, 0.1) is 5.92 Å². The Bertz CT molecular complexity index is 801. The summed E-state index contributed by atoms with van der Waals surface area (Å²) in [6.07, 6.45) is 8.80. The highest BCUT2D eigenvalue weighted by molar-refractivity contribution is 5.79. The van der Waals surface area contributed by atoms with Gasteiger partial charge in [-0.05, 0) is 76.7 Å². The monoisotopic (exact) mass is 369 g/mol. The van der Waals surface area contributed by atoms with E-state index >= 15 is 0 Å². The number of rotatable bonds is 4. The largest absolute Gasteiger partial charge is 0.545 e. The maximum atomic E-state index is 10.6. The topological polar surface area (TPSA) is 76.6 Å². The molecule has 1 aromatic carbocycles. The van der Waals surface area contributed by atoms with E-state index in [1.165, 1.54) is 29.5 Å². The highest BCUT2D eigenvalue weighted by atomic mass is 16.4. The van der Waals surface area contributed by atoms with Gasteiger partial charge in [-0.25, -0.2) is 0 Å². The van der Waals surface area contributed by atoms with Crippen molar-refractivity contribution in [2.24, 2.45) is 5.92 Å². The molecule has 27 heavy (non-hydrogen) atoms. The lowest BCUT2D eigenvalue weighted by Crippen LogP contribution is -2.34. The smallest absolute Gasteiger partial charge is 0.0645 e. The highest BCUT2D eigenvalue weighted by Crippen LogP contribution is 2.56. The number of carbonyl (C=O) groups is 1. The summed E-state index contributed by atoms with van der Waals surface area (Å²) in [4.78, 5) is 10.6. The molecule has 0 heterocycles. The van der Waals surface area contributed by atoms with Gasteiger partial charge in [0.1, 0.15) is 0 Å². The Hall–Kier alpha value is -1.87. The van der Waals surface area contributed by atoms with Crippen LogP contribution in [0.3, 0.4) is 0 Å². The van der Waals surface area contributed by atoms with Gasteiger partial charge in [-0.15, -0.1) is 0 Å². The van der Waals surface area contributed by atoms with E-state index in [1.54, 1.807) is 6.92 Å². The van der Waals surface area contributed by atoms with Gasteiger partial charge in [0.15, 0.2) is 0 Å². The number of fused-ring (bicyclic) bond motifs is 1. The van der Waals surface area contributed by atoms with E-state index in [9.17, 15) is 9.90 Å². The molecular formula is C24H35NO2. The fourth-order valence-electron chi connectivity index (χ4n) is 4.46. The van der Waals surface area contributed by atoms with Crippen molar-refractivity contribution in [2.75, 3.05) is 0 Å². The molecule has 0 amide bonds. The van der Waals surface area contributed by atoms with Crippen LogP contribution < -0.4 is 11.3 Å². The van der Waals surface area contributed by atoms with E-state index in [4.69, 9.17) is 0 Å². The molecule has 1 fully saturated rings. The highest BCUT2D eigenvalue weighted by Gasteiger charge is 2.50. The fourth-order valence-corrected chi connectivity index (χ4v) is 4.46. The number of hydrogen-bond acceptors (Lipinski definition) is 2. The molecule has 2 atom stereocenters. The Morgan fingerprint density at radius 2 is 1.67 bits per heavy atom. The average Bonchev–Trinajstić information content (AvgIpc) is 3.21. The number of hydrogen-bond donors (Lipinski definition) is 1. The van der Waals surface area contributed by atoms with Gasteiger partial charge < -0.3 is 16.1 Å². The number of carbonyl (C=O) groups excluding carboxylic acids is 1. The molecule has 0 saturated heterocycles. The summed E-state index contributed by atoms with van der Waals surface area (Å²) in [5, 5.41) is 10.6. The summed E-state index contributed by atoms with van der Waals surface area (Å²) in [5.41, 5.74) is 5.79. The minimum Gasteiger partial charge on any atom is -0.545 e. The third-order valence-electron chi connectivity index (χ3n) is 6.75. The molecule has 0 aliphatic heterocycles. The van der Waals surface area contributed by atoms with E-state index in [0.29, 0.717) is 5.92 Å². The fraction of sp³-hybridized carbons (Fsp3) is 0.542. The summed E-state index contributed by atoms with van der Waals surface area (Å²) in [6.45, 7) is 13.6. The first-order valence-corrected chi connectivity index (χ1v) is 9.69. The number of aliphatic carboxylic acids is 1. The third kappa shape index (κ3) is 4.03. The first-order valence-electron chi connectivity index (χ1n) is 9.69. The molecule has 0 spiro atoms. The molecule has 4 N–H and O–H groups in total. The molecule has 3 rings (SSSR count). The van der Waals surface area contributed by atoms with Crippen molar-refractivity contribution in [3.05, 3.63) is 58.7 Å². The Kier molecular flexibility index (Phi) is 5.51. The van der Waals surface area contributed by atoms with E-state index in [-0.39, 0.29) is 22.4 Å². The summed E-state index contributed by atoms with van der Waals surface area (Å²) in [7, 11) is 0. The van der Waals surface area contributed by atoms with E-state index in [0.717, 1.165) is 18.1 Å². The van der Waals surface area contributed by atoms with Gasteiger partial charge in [0.2, 0.25) is 0 Å². The predicted octanol–water partition coefficient (Wildman–Crippen LogP) is 4.94. The minimum absolute atomic E-state index is 0. The van der Waals surface area contributed by atoms with Crippen LogP contribution in [0.1, 0.15) is 77.5 Å². The van der Waals surface area contributed by atoms with Gasteiger partial charge in [0.25, 0.3) is 0 Å². The van der Waals surface area contributed by atoms with Crippen molar-refractivity contribution >= 4 is 5.97 Å². The van der Waals surface area contributed by atoms with Crippen LogP contribution in [0.2, 0.25) is 0 Å². The second-order valence-corrected chi connectivity index (χ2v) is 9.82. The Morgan fingerprint density at radius 3 is 2.26 bits per heavy atom. The third-order valence-corrected chi connectivity index (χ3v) is 6.75. The molecule has 1 aromatic rings. The van der Waals surface area contributed by atoms with Crippen LogP contribution in [-0.2, 0) is 21.0 Å². The molecule has 0 aromatic heterocycles. The van der Waals surface area contributed by atoms with Crippen LogP contribution in [0.4, 0.5) is 0 Å². The SMILES string of the molecule is CC(/C=C/[C@@H]1C[C@]1(C)c1ccc2c(c1)C(C)(C)CCC2(C)C)=C\C(=O)[O-].[NH4+]. The van der Waals surface area contributed by atoms with E-state index < -0.39 is 5.97 Å². The maximum Gasteiger partial charge on any atom is 0.0645 e. The average molecular weight is 370 g/mol. The summed E-state index contributed by atoms with van der Waals surface area (Å²) < 4.78 is 0. The zero-order valence-corrected chi connectivity index (χ0v) is 18.0. The van der Waals surface area contributed by atoms with E-state index in [1.807, 2.05) is 6.08 Å². The molecule has 0 bridgehead atoms. The predicted molar refractivity (Wildman–Crippen MR) is 111 cm³/mol. The van der Waals surface area contributed by atoms with Crippen molar-refractivity contribution < 1.29 is 9.90 Å². The maximum absolute atomic E-state index is 10.6. The number of benzene rings is 1. The minimum atomic E-state index is -1.13. The Labute approximate surface area is 164 Å². The van der Waals surface area contributed by atoms with Crippen LogP contribution >= 0.6 is 0 Å². The number of allylic oxidation sites excluding steroid dienone is 3. The molecule has 3 nitrogen and oxygen atoms in total. The van der Waals surface area contributed by atoms with Crippen LogP contribution in [0.25, 0.3) is 0 Å². The first-order chi connectivity index (χ1) is 12.0. The van der Waals surface area contributed by atoms with Crippen molar-refractivity contribution in [1.29, 1.82) is 0 Å². The lowest BCUT2D eigenvalue weighted by molar-refractivity contribution is -0.297. The number of quaternary nitrogens is 1. The normalized spacial score (nSPS) is 28.4. The van der Waals surface area contributed by atoms with Gasteiger partial charge >= 0.3 is 0 Å². The molecular weight excluding hydrogens is 334 g/mol. The second kappa shape index (κ2) is 6.94. The molecule has 0 unspecified atom stereocenters. The molecule has 1 saturated carbocycles. The molecule has 2 aliphatic carbocycles. The van der Waals surface area contributed by atoms with Crippen molar-refractivity contribution in [3.8, 4) is 0 Å².